The summed E-state index contributed by atoms with van der Waals surface area (Å²) in [5, 5.41) is 0. The Kier molecular flexibility index (Phi) is 3.29. The summed E-state index contributed by atoms with van der Waals surface area (Å²) < 4.78 is 0. The van der Waals surface area contributed by atoms with E-state index in [2.05, 4.69) is 11.6 Å². The van der Waals surface area contributed by atoms with Crippen LogP contribution < -0.4 is 0 Å². The molecule has 0 bridgehead atoms. The third kappa shape index (κ3) is 2.67. The van der Waals surface area contributed by atoms with E-state index in [0.717, 1.165) is 16.8 Å². The molecule has 0 spiro atoms. The molecule has 0 radical (unpaired) electrons. The van der Waals surface area contributed by atoms with Gasteiger partial charge in [-0.15, -0.1) is 0 Å². The minimum atomic E-state index is 0.953. The van der Waals surface area contributed by atoms with Crippen LogP contribution in [0.4, 0.5) is 5.69 Å². The molecule has 2 aromatic rings. The van der Waals surface area contributed by atoms with Crippen LogP contribution in [0.15, 0.2) is 66.2 Å². The van der Waals surface area contributed by atoms with Gasteiger partial charge in [-0.1, -0.05) is 55.1 Å². The van der Waals surface area contributed by atoms with Crippen molar-refractivity contribution in [2.45, 2.75) is 0 Å². The van der Waals surface area contributed by atoms with E-state index in [9.17, 15) is 0 Å². The number of nitrogens with zero attached hydrogens (tertiary/aromatic N) is 1. The average Bonchev–Trinajstić information content (AvgIpc) is 2.38. The highest BCUT2D eigenvalue weighted by atomic mass is 14.7. The van der Waals surface area contributed by atoms with E-state index < -0.39 is 0 Å². The fourth-order valence-corrected chi connectivity index (χ4v) is 1.38. The maximum absolute atomic E-state index is 4.39. The maximum atomic E-state index is 4.39. The molecule has 2 rings (SSSR count). The number of rotatable bonds is 3. The highest BCUT2D eigenvalue weighted by molar-refractivity contribution is 5.81. The van der Waals surface area contributed by atoms with Crippen molar-refractivity contribution in [2.75, 3.05) is 0 Å². The summed E-state index contributed by atoms with van der Waals surface area (Å²) in [6.07, 6.45) is 3.69. The van der Waals surface area contributed by atoms with Crippen LogP contribution in [0.1, 0.15) is 11.1 Å². The highest BCUT2D eigenvalue weighted by Crippen LogP contribution is 2.13. The second kappa shape index (κ2) is 5.08. The van der Waals surface area contributed by atoms with Crippen molar-refractivity contribution in [1.29, 1.82) is 0 Å². The van der Waals surface area contributed by atoms with Gasteiger partial charge in [-0.2, -0.15) is 0 Å². The average molecular weight is 207 g/mol. The normalized spacial score (nSPS) is 10.5. The van der Waals surface area contributed by atoms with Crippen molar-refractivity contribution in [1.82, 2.24) is 0 Å². The SMILES string of the molecule is C=Cc1ccc(N=Cc2ccccc2)cc1. The molecule has 0 aliphatic heterocycles. The molecule has 0 N–H and O–H groups in total. The molecular weight excluding hydrogens is 194 g/mol. The van der Waals surface area contributed by atoms with E-state index >= 15 is 0 Å². The van der Waals surface area contributed by atoms with Gasteiger partial charge in [-0.05, 0) is 23.3 Å². The topological polar surface area (TPSA) is 12.4 Å². The van der Waals surface area contributed by atoms with Crippen LogP contribution in [0.25, 0.3) is 6.08 Å². The lowest BCUT2D eigenvalue weighted by Gasteiger charge is -1.95. The van der Waals surface area contributed by atoms with E-state index in [1.807, 2.05) is 66.9 Å². The summed E-state index contributed by atoms with van der Waals surface area (Å²) in [5.74, 6) is 0. The summed E-state index contributed by atoms with van der Waals surface area (Å²) in [4.78, 5) is 4.39. The van der Waals surface area contributed by atoms with Gasteiger partial charge in [0.1, 0.15) is 0 Å². The largest absolute Gasteiger partial charge is 0.256 e. The standard InChI is InChI=1S/C15H13N/c1-2-13-8-10-15(11-9-13)16-12-14-6-4-3-5-7-14/h2-12H,1H2. The van der Waals surface area contributed by atoms with Gasteiger partial charge >= 0.3 is 0 Å². The molecule has 0 aromatic heterocycles. The van der Waals surface area contributed by atoms with Crippen LogP contribution in [0.2, 0.25) is 0 Å². The summed E-state index contributed by atoms with van der Waals surface area (Å²) in [5.41, 5.74) is 3.17. The first-order valence-corrected chi connectivity index (χ1v) is 5.20. The molecule has 0 aliphatic carbocycles. The molecule has 0 saturated carbocycles. The van der Waals surface area contributed by atoms with Gasteiger partial charge < -0.3 is 0 Å². The Balaban J connectivity index is 2.14. The van der Waals surface area contributed by atoms with Crippen LogP contribution in [0.5, 0.6) is 0 Å². The number of benzene rings is 2. The molecule has 0 fully saturated rings. The number of hydrogen-bond acceptors (Lipinski definition) is 1. The van der Waals surface area contributed by atoms with E-state index in [4.69, 9.17) is 0 Å². The lowest BCUT2D eigenvalue weighted by molar-refractivity contribution is 1.51. The Morgan fingerprint density at radius 2 is 1.50 bits per heavy atom. The number of aliphatic imine (C=N–C) groups is 1. The summed E-state index contributed by atoms with van der Waals surface area (Å²) >= 11 is 0. The molecule has 1 nitrogen and oxygen atoms in total. The Bertz CT molecular complexity index is 481. The molecule has 0 heterocycles. The molecular formula is C15H13N. The van der Waals surface area contributed by atoms with Gasteiger partial charge in [0.25, 0.3) is 0 Å². The van der Waals surface area contributed by atoms with Crippen LogP contribution in [-0.2, 0) is 0 Å². The van der Waals surface area contributed by atoms with E-state index in [1.54, 1.807) is 0 Å². The summed E-state index contributed by atoms with van der Waals surface area (Å²) in [6, 6.07) is 18.0. The van der Waals surface area contributed by atoms with Crippen LogP contribution in [0.3, 0.4) is 0 Å². The van der Waals surface area contributed by atoms with Crippen molar-refractivity contribution < 1.29 is 0 Å². The zero-order chi connectivity index (χ0) is 11.2. The zero-order valence-electron chi connectivity index (χ0n) is 9.01. The maximum Gasteiger partial charge on any atom is 0.0630 e. The minimum absolute atomic E-state index is 0.953. The van der Waals surface area contributed by atoms with Gasteiger partial charge in [0, 0.05) is 6.21 Å². The van der Waals surface area contributed by atoms with Crippen molar-refractivity contribution >= 4 is 18.0 Å². The Morgan fingerprint density at radius 1 is 0.812 bits per heavy atom. The van der Waals surface area contributed by atoms with Gasteiger partial charge in [-0.25, -0.2) is 0 Å². The minimum Gasteiger partial charge on any atom is -0.256 e. The number of hydrogen-bond donors (Lipinski definition) is 0. The third-order valence-corrected chi connectivity index (χ3v) is 2.29. The zero-order valence-corrected chi connectivity index (χ0v) is 9.01. The Labute approximate surface area is 95.8 Å². The molecule has 0 aliphatic rings. The predicted molar refractivity (Wildman–Crippen MR) is 70.2 cm³/mol. The fraction of sp³-hybridized carbons (Fsp3) is 0. The van der Waals surface area contributed by atoms with Gasteiger partial charge in [0.2, 0.25) is 0 Å². The van der Waals surface area contributed by atoms with E-state index in [0.29, 0.717) is 0 Å². The van der Waals surface area contributed by atoms with Gasteiger partial charge in [0.05, 0.1) is 5.69 Å². The van der Waals surface area contributed by atoms with Gasteiger partial charge in [0.15, 0.2) is 0 Å². The quantitative estimate of drug-likeness (QED) is 0.672. The second-order valence-electron chi connectivity index (χ2n) is 3.46. The van der Waals surface area contributed by atoms with Crippen LogP contribution in [0, 0.1) is 0 Å². The first kappa shape index (κ1) is 10.4. The molecule has 1 heteroatoms. The van der Waals surface area contributed by atoms with E-state index in [-0.39, 0.29) is 0 Å². The second-order valence-corrected chi connectivity index (χ2v) is 3.46. The predicted octanol–water partition coefficient (Wildman–Crippen LogP) is 4.08. The van der Waals surface area contributed by atoms with Crippen molar-refractivity contribution in [2.24, 2.45) is 4.99 Å². The molecule has 0 saturated heterocycles. The van der Waals surface area contributed by atoms with Crippen molar-refractivity contribution in [3.05, 3.63) is 72.3 Å². The molecule has 0 atom stereocenters. The molecule has 2 aromatic carbocycles. The fourth-order valence-electron chi connectivity index (χ4n) is 1.38. The molecule has 16 heavy (non-hydrogen) atoms. The van der Waals surface area contributed by atoms with Crippen molar-refractivity contribution in [3.8, 4) is 0 Å². The lowest BCUT2D eigenvalue weighted by Crippen LogP contribution is -1.78. The lowest BCUT2D eigenvalue weighted by atomic mass is 10.2. The smallest absolute Gasteiger partial charge is 0.0630 e. The van der Waals surface area contributed by atoms with Crippen molar-refractivity contribution in [3.63, 3.8) is 0 Å². The van der Waals surface area contributed by atoms with Crippen LogP contribution >= 0.6 is 0 Å². The monoisotopic (exact) mass is 207 g/mol. The molecule has 0 amide bonds. The summed E-state index contributed by atoms with van der Waals surface area (Å²) in [7, 11) is 0. The first-order valence-electron chi connectivity index (χ1n) is 5.20. The first-order chi connectivity index (χ1) is 7.88. The Hall–Kier alpha value is -2.15. The highest BCUT2D eigenvalue weighted by Gasteiger charge is 1.89. The van der Waals surface area contributed by atoms with Crippen LogP contribution in [-0.4, -0.2) is 6.21 Å². The molecule has 0 unspecified atom stereocenters. The summed E-state index contributed by atoms with van der Waals surface area (Å²) in [6.45, 7) is 3.72. The third-order valence-electron chi connectivity index (χ3n) is 2.29. The Morgan fingerprint density at radius 3 is 2.12 bits per heavy atom. The van der Waals surface area contributed by atoms with Gasteiger partial charge in [-0.3, -0.25) is 4.99 Å². The molecule has 78 valence electrons. The van der Waals surface area contributed by atoms with E-state index in [1.165, 1.54) is 0 Å².